The monoisotopic (exact) mass is 497 g/mol. The summed E-state index contributed by atoms with van der Waals surface area (Å²) in [5.41, 5.74) is 2.68. The number of benzene rings is 2. The van der Waals surface area contributed by atoms with Crippen molar-refractivity contribution in [3.8, 4) is 27.6 Å². The number of nitrogens with zero attached hydrogens (tertiary/aromatic N) is 4. The fourth-order valence-electron chi connectivity index (χ4n) is 3.04. The van der Waals surface area contributed by atoms with Gasteiger partial charge in [0.2, 0.25) is 15.2 Å². The minimum atomic E-state index is -3.78. The van der Waals surface area contributed by atoms with E-state index in [0.717, 1.165) is 26.2 Å². The van der Waals surface area contributed by atoms with Crippen LogP contribution in [0.5, 0.6) is 0 Å². The van der Waals surface area contributed by atoms with Crippen LogP contribution in [0.1, 0.15) is 0 Å². The van der Waals surface area contributed by atoms with Crippen LogP contribution in [0.4, 0.5) is 0 Å². The van der Waals surface area contributed by atoms with Crippen LogP contribution in [-0.2, 0) is 10.0 Å². The maximum absolute atomic E-state index is 11.6. The average Bonchev–Trinajstić information content (AvgIpc) is 3.55. The molecule has 0 aliphatic rings. The summed E-state index contributed by atoms with van der Waals surface area (Å²) < 4.78 is 26.0. The maximum Gasteiger partial charge on any atom is 0.238 e. The Bertz CT molecular complexity index is 1460. The maximum atomic E-state index is 11.6. The molecule has 0 amide bonds. The van der Waals surface area contributed by atoms with Crippen molar-refractivity contribution in [1.29, 1.82) is 0 Å². The van der Waals surface area contributed by atoms with Gasteiger partial charge in [0.25, 0.3) is 0 Å². The Morgan fingerprint density at radius 1 is 0.906 bits per heavy atom. The zero-order chi connectivity index (χ0) is 22.1. The molecular formula is C21H15N5O2S4. The molecule has 5 aromatic rings. The van der Waals surface area contributed by atoms with E-state index in [9.17, 15) is 8.42 Å². The summed E-state index contributed by atoms with van der Waals surface area (Å²) in [6.07, 6.45) is 0. The Kier molecular flexibility index (Phi) is 5.66. The van der Waals surface area contributed by atoms with Gasteiger partial charge in [-0.3, -0.25) is 4.57 Å². The first-order chi connectivity index (χ1) is 15.5. The number of primary sulfonamides is 1. The predicted octanol–water partition coefficient (Wildman–Crippen LogP) is 4.92. The van der Waals surface area contributed by atoms with Crippen LogP contribution < -0.4 is 5.14 Å². The molecule has 0 aliphatic carbocycles. The molecule has 3 heterocycles. The number of hydrogen-bond donors (Lipinski definition) is 1. The Labute approximate surface area is 196 Å². The van der Waals surface area contributed by atoms with Gasteiger partial charge in [-0.2, -0.15) is 0 Å². The van der Waals surface area contributed by atoms with Crippen LogP contribution in [0.15, 0.2) is 91.9 Å². The molecule has 0 saturated carbocycles. The molecule has 3 aromatic heterocycles. The second-order valence-electron chi connectivity index (χ2n) is 6.62. The molecule has 7 nitrogen and oxygen atoms in total. The fraction of sp³-hybridized carbons (Fsp3) is 0. The standard InChI is InChI=1S/C21H15N5O2S4/c22-32(27,28)16-10-8-15(9-11-16)26-19(18-7-4-12-29-18)24-25-20(26)31-21-23-17(13-30-21)14-5-2-1-3-6-14/h1-13H,(H2,22,27,28). The molecule has 0 fully saturated rings. The first kappa shape index (κ1) is 21.0. The number of sulfonamides is 1. The molecule has 0 unspecified atom stereocenters. The summed E-state index contributed by atoms with van der Waals surface area (Å²) in [6, 6.07) is 20.3. The summed E-state index contributed by atoms with van der Waals surface area (Å²) >= 11 is 4.50. The summed E-state index contributed by atoms with van der Waals surface area (Å²) in [5, 5.41) is 18.7. The highest BCUT2D eigenvalue weighted by Gasteiger charge is 2.19. The predicted molar refractivity (Wildman–Crippen MR) is 128 cm³/mol. The zero-order valence-corrected chi connectivity index (χ0v) is 19.6. The van der Waals surface area contributed by atoms with E-state index in [1.54, 1.807) is 23.5 Å². The highest BCUT2D eigenvalue weighted by Crippen LogP contribution is 2.36. The summed E-state index contributed by atoms with van der Waals surface area (Å²) in [5.74, 6) is 0.672. The van der Waals surface area contributed by atoms with Crippen molar-refractivity contribution in [2.45, 2.75) is 14.4 Å². The molecule has 0 spiro atoms. The van der Waals surface area contributed by atoms with Gasteiger partial charge in [0, 0.05) is 16.6 Å². The smallest absolute Gasteiger partial charge is 0.238 e. The summed E-state index contributed by atoms with van der Waals surface area (Å²) in [7, 11) is -3.78. The Balaban J connectivity index is 1.54. The first-order valence-corrected chi connectivity index (χ1v) is 13.4. The summed E-state index contributed by atoms with van der Waals surface area (Å²) in [4.78, 5) is 5.73. The van der Waals surface area contributed by atoms with Gasteiger partial charge in [-0.05, 0) is 47.5 Å². The van der Waals surface area contributed by atoms with E-state index in [1.807, 2.05) is 57.8 Å². The SMILES string of the molecule is NS(=O)(=O)c1ccc(-n2c(Sc3nc(-c4ccccc4)cs3)nnc2-c2cccs2)cc1. The third kappa shape index (κ3) is 4.25. The molecular weight excluding hydrogens is 483 g/mol. The molecule has 2 N–H and O–H groups in total. The lowest BCUT2D eigenvalue weighted by Gasteiger charge is -2.09. The highest BCUT2D eigenvalue weighted by atomic mass is 32.2. The van der Waals surface area contributed by atoms with E-state index in [0.29, 0.717) is 11.0 Å². The number of thiazole rings is 1. The third-order valence-electron chi connectivity index (χ3n) is 4.53. The van der Waals surface area contributed by atoms with Gasteiger partial charge in [0.05, 0.1) is 15.5 Å². The van der Waals surface area contributed by atoms with Gasteiger partial charge in [0.15, 0.2) is 10.2 Å². The zero-order valence-electron chi connectivity index (χ0n) is 16.3. The second kappa shape index (κ2) is 8.60. The highest BCUT2D eigenvalue weighted by molar-refractivity contribution is 8.00. The molecule has 160 valence electrons. The van der Waals surface area contributed by atoms with E-state index in [-0.39, 0.29) is 4.90 Å². The molecule has 11 heteroatoms. The van der Waals surface area contributed by atoms with E-state index in [1.165, 1.54) is 35.2 Å². The molecule has 2 aromatic carbocycles. The number of thiophene rings is 1. The van der Waals surface area contributed by atoms with Crippen LogP contribution in [0, 0.1) is 0 Å². The molecule has 0 saturated heterocycles. The third-order valence-corrected chi connectivity index (χ3v) is 8.21. The van der Waals surface area contributed by atoms with Gasteiger partial charge in [-0.15, -0.1) is 32.9 Å². The van der Waals surface area contributed by atoms with Gasteiger partial charge >= 0.3 is 0 Å². The van der Waals surface area contributed by atoms with Crippen molar-refractivity contribution < 1.29 is 8.42 Å². The quantitative estimate of drug-likeness (QED) is 0.357. The van der Waals surface area contributed by atoms with Gasteiger partial charge in [-0.25, -0.2) is 18.5 Å². The van der Waals surface area contributed by atoms with E-state index in [4.69, 9.17) is 10.1 Å². The Hall–Kier alpha value is -2.83. The minimum Gasteiger partial charge on any atom is -0.269 e. The van der Waals surface area contributed by atoms with E-state index in [2.05, 4.69) is 10.2 Å². The van der Waals surface area contributed by atoms with Gasteiger partial charge < -0.3 is 0 Å². The van der Waals surface area contributed by atoms with Crippen molar-refractivity contribution in [1.82, 2.24) is 19.7 Å². The number of hydrogen-bond acceptors (Lipinski definition) is 8. The molecule has 32 heavy (non-hydrogen) atoms. The van der Waals surface area contributed by atoms with Crippen molar-refractivity contribution in [2.24, 2.45) is 5.14 Å². The van der Waals surface area contributed by atoms with E-state index < -0.39 is 10.0 Å². The largest absolute Gasteiger partial charge is 0.269 e. The average molecular weight is 498 g/mol. The minimum absolute atomic E-state index is 0.0497. The second-order valence-corrected chi connectivity index (χ2v) is 11.2. The van der Waals surface area contributed by atoms with Crippen molar-refractivity contribution in [3.63, 3.8) is 0 Å². The Morgan fingerprint density at radius 3 is 2.38 bits per heavy atom. The van der Waals surface area contributed by atoms with Crippen molar-refractivity contribution in [3.05, 3.63) is 77.5 Å². The van der Waals surface area contributed by atoms with Crippen LogP contribution >= 0.6 is 34.4 Å². The number of aromatic nitrogens is 4. The molecule has 0 aliphatic heterocycles. The first-order valence-electron chi connectivity index (χ1n) is 9.30. The topological polar surface area (TPSA) is 104 Å². The van der Waals surface area contributed by atoms with Crippen LogP contribution in [0.3, 0.4) is 0 Å². The number of rotatable bonds is 6. The number of nitrogens with two attached hydrogens (primary N) is 1. The fourth-order valence-corrected chi connectivity index (χ4v) is 6.03. The lowest BCUT2D eigenvalue weighted by Crippen LogP contribution is -2.12. The molecule has 0 atom stereocenters. The Morgan fingerprint density at radius 2 is 1.69 bits per heavy atom. The van der Waals surface area contributed by atoms with Crippen LogP contribution in [-0.4, -0.2) is 28.2 Å². The van der Waals surface area contributed by atoms with Crippen LogP contribution in [0.25, 0.3) is 27.6 Å². The van der Waals surface area contributed by atoms with Gasteiger partial charge in [0.1, 0.15) is 0 Å². The normalized spacial score (nSPS) is 11.7. The molecule has 5 rings (SSSR count). The lowest BCUT2D eigenvalue weighted by atomic mass is 10.2. The van der Waals surface area contributed by atoms with Crippen molar-refractivity contribution in [2.75, 3.05) is 0 Å². The molecule has 0 radical (unpaired) electrons. The molecule has 0 bridgehead atoms. The lowest BCUT2D eigenvalue weighted by molar-refractivity contribution is 0.598. The summed E-state index contributed by atoms with van der Waals surface area (Å²) in [6.45, 7) is 0. The van der Waals surface area contributed by atoms with Crippen LogP contribution in [0.2, 0.25) is 0 Å². The van der Waals surface area contributed by atoms with E-state index >= 15 is 0 Å². The van der Waals surface area contributed by atoms with Gasteiger partial charge in [-0.1, -0.05) is 36.4 Å². The van der Waals surface area contributed by atoms with Crippen molar-refractivity contribution >= 4 is 44.5 Å².